The number of carboxylic acids is 1. The van der Waals surface area contributed by atoms with Crippen molar-refractivity contribution < 1.29 is 23.5 Å². The van der Waals surface area contributed by atoms with Crippen LogP contribution in [0.15, 0.2) is 12.2 Å². The zero-order chi connectivity index (χ0) is 12.8. The fraction of sp³-hybridized carbons (Fsp3) is 0.636. The average Bonchev–Trinajstić information content (AvgIpc) is 2.68. The van der Waals surface area contributed by atoms with Crippen LogP contribution in [-0.4, -0.2) is 29.5 Å². The molecule has 4 nitrogen and oxygen atoms in total. The summed E-state index contributed by atoms with van der Waals surface area (Å²) in [5, 5.41) is 10.8. The van der Waals surface area contributed by atoms with E-state index in [2.05, 4.69) is 5.32 Å². The third kappa shape index (κ3) is 4.93. The number of carbonyl (C=O) groups excluding carboxylic acids is 1. The molecule has 96 valence electrons. The smallest absolute Gasteiger partial charge is 0.326 e. The van der Waals surface area contributed by atoms with Crippen molar-refractivity contribution in [3.8, 4) is 0 Å². The lowest BCUT2D eigenvalue weighted by Crippen LogP contribution is -2.42. The molecule has 2 N–H and O–H groups in total. The number of amides is 1. The van der Waals surface area contributed by atoms with Crippen LogP contribution in [0.1, 0.15) is 25.7 Å². The van der Waals surface area contributed by atoms with Gasteiger partial charge in [0.1, 0.15) is 6.04 Å². The molecule has 0 fully saturated rings. The van der Waals surface area contributed by atoms with Gasteiger partial charge in [-0.25, -0.2) is 13.6 Å². The van der Waals surface area contributed by atoms with Gasteiger partial charge in [-0.2, -0.15) is 0 Å². The van der Waals surface area contributed by atoms with E-state index < -0.39 is 30.8 Å². The summed E-state index contributed by atoms with van der Waals surface area (Å²) in [4.78, 5) is 22.1. The minimum absolute atomic E-state index is 0.0935. The molecule has 6 heteroatoms. The van der Waals surface area contributed by atoms with Crippen LogP contribution in [0.2, 0.25) is 0 Å². The van der Waals surface area contributed by atoms with Gasteiger partial charge in [0, 0.05) is 12.8 Å². The topological polar surface area (TPSA) is 66.4 Å². The van der Waals surface area contributed by atoms with E-state index in [1.54, 1.807) is 0 Å². The van der Waals surface area contributed by atoms with E-state index in [4.69, 9.17) is 5.11 Å². The minimum atomic E-state index is -2.75. The highest BCUT2D eigenvalue weighted by Crippen LogP contribution is 2.20. The molecule has 0 bridgehead atoms. The molecule has 0 heterocycles. The number of hydrogen-bond donors (Lipinski definition) is 2. The van der Waals surface area contributed by atoms with E-state index >= 15 is 0 Å². The predicted molar refractivity (Wildman–Crippen MR) is 56.7 cm³/mol. The molecular formula is C11H15F2NO3. The Labute approximate surface area is 97.7 Å². The number of nitrogens with one attached hydrogen (secondary N) is 1. The van der Waals surface area contributed by atoms with Crippen LogP contribution in [0.5, 0.6) is 0 Å². The molecule has 0 radical (unpaired) electrons. The molecule has 2 atom stereocenters. The summed E-state index contributed by atoms with van der Waals surface area (Å²) in [6.45, 7) is 0. The third-order valence-electron chi connectivity index (χ3n) is 2.61. The van der Waals surface area contributed by atoms with Gasteiger partial charge in [0.15, 0.2) is 0 Å². The largest absolute Gasteiger partial charge is 0.480 e. The van der Waals surface area contributed by atoms with Crippen molar-refractivity contribution in [3.63, 3.8) is 0 Å². The zero-order valence-electron chi connectivity index (χ0n) is 9.23. The fourth-order valence-corrected chi connectivity index (χ4v) is 1.76. The highest BCUT2D eigenvalue weighted by Gasteiger charge is 2.25. The van der Waals surface area contributed by atoms with Crippen molar-refractivity contribution in [1.82, 2.24) is 5.32 Å². The maximum absolute atomic E-state index is 12.1. The van der Waals surface area contributed by atoms with Crippen molar-refractivity contribution in [3.05, 3.63) is 12.2 Å². The Hall–Kier alpha value is -1.46. The number of allylic oxidation sites excluding steroid dienone is 2. The van der Waals surface area contributed by atoms with Crippen molar-refractivity contribution in [2.24, 2.45) is 5.92 Å². The van der Waals surface area contributed by atoms with E-state index in [0.717, 1.165) is 12.8 Å². The standard InChI is InChI=1S/C11H15F2NO3/c12-9(13)6-8(11(16)17)14-10(15)5-7-3-1-2-4-7/h1,3,7-9H,2,4-6H2,(H,14,15)(H,16,17). The van der Waals surface area contributed by atoms with Crippen LogP contribution in [0, 0.1) is 5.92 Å². The second-order valence-corrected chi connectivity index (χ2v) is 4.05. The Morgan fingerprint density at radius 1 is 1.47 bits per heavy atom. The van der Waals surface area contributed by atoms with Crippen LogP contribution in [0.3, 0.4) is 0 Å². The van der Waals surface area contributed by atoms with Gasteiger partial charge in [-0.05, 0) is 18.8 Å². The Kier molecular flexibility index (Phi) is 5.06. The molecule has 1 aliphatic rings. The molecule has 0 aromatic carbocycles. The molecule has 1 amide bonds. The number of halogens is 2. The van der Waals surface area contributed by atoms with Gasteiger partial charge in [-0.1, -0.05) is 12.2 Å². The molecule has 0 aromatic rings. The Bertz CT molecular complexity index is 318. The zero-order valence-corrected chi connectivity index (χ0v) is 9.23. The van der Waals surface area contributed by atoms with Crippen LogP contribution in [-0.2, 0) is 9.59 Å². The van der Waals surface area contributed by atoms with Crippen molar-refractivity contribution in [2.45, 2.75) is 38.2 Å². The molecule has 0 aliphatic heterocycles. The summed E-state index contributed by atoms with van der Waals surface area (Å²) in [7, 11) is 0. The molecule has 17 heavy (non-hydrogen) atoms. The van der Waals surface area contributed by atoms with Crippen LogP contribution >= 0.6 is 0 Å². The van der Waals surface area contributed by atoms with Crippen molar-refractivity contribution in [2.75, 3.05) is 0 Å². The first-order valence-electron chi connectivity index (χ1n) is 5.46. The van der Waals surface area contributed by atoms with Gasteiger partial charge < -0.3 is 10.4 Å². The second kappa shape index (κ2) is 6.32. The summed E-state index contributed by atoms with van der Waals surface area (Å²) in [6.07, 6.45) is 2.14. The first kappa shape index (κ1) is 13.6. The van der Waals surface area contributed by atoms with Crippen LogP contribution in [0.25, 0.3) is 0 Å². The van der Waals surface area contributed by atoms with Gasteiger partial charge in [-0.15, -0.1) is 0 Å². The minimum Gasteiger partial charge on any atom is -0.480 e. The molecule has 0 spiro atoms. The van der Waals surface area contributed by atoms with Crippen LogP contribution < -0.4 is 5.32 Å². The number of carboxylic acid groups (broad SMARTS) is 1. The molecule has 0 saturated heterocycles. The van der Waals surface area contributed by atoms with E-state index in [-0.39, 0.29) is 12.3 Å². The van der Waals surface area contributed by atoms with Gasteiger partial charge >= 0.3 is 5.97 Å². The number of rotatable bonds is 6. The normalized spacial score (nSPS) is 20.5. The Balaban J connectivity index is 2.40. The molecular weight excluding hydrogens is 232 g/mol. The van der Waals surface area contributed by atoms with Gasteiger partial charge in [0.05, 0.1) is 0 Å². The van der Waals surface area contributed by atoms with Gasteiger partial charge in [-0.3, -0.25) is 4.79 Å². The van der Waals surface area contributed by atoms with Crippen molar-refractivity contribution in [1.29, 1.82) is 0 Å². The summed E-state index contributed by atoms with van der Waals surface area (Å²) in [5.41, 5.74) is 0. The van der Waals surface area contributed by atoms with Crippen molar-refractivity contribution >= 4 is 11.9 Å². The summed E-state index contributed by atoms with van der Waals surface area (Å²) >= 11 is 0. The quantitative estimate of drug-likeness (QED) is 0.700. The summed E-state index contributed by atoms with van der Waals surface area (Å²) in [5.74, 6) is -1.83. The number of aliphatic carboxylic acids is 1. The third-order valence-corrected chi connectivity index (χ3v) is 2.61. The first-order valence-corrected chi connectivity index (χ1v) is 5.46. The molecule has 0 aromatic heterocycles. The summed E-state index contributed by atoms with van der Waals surface area (Å²) in [6, 6.07) is -1.51. The fourth-order valence-electron chi connectivity index (χ4n) is 1.76. The van der Waals surface area contributed by atoms with E-state index in [9.17, 15) is 18.4 Å². The average molecular weight is 247 g/mol. The maximum Gasteiger partial charge on any atom is 0.326 e. The number of hydrogen-bond acceptors (Lipinski definition) is 2. The van der Waals surface area contributed by atoms with Gasteiger partial charge in [0.25, 0.3) is 0 Å². The van der Waals surface area contributed by atoms with Gasteiger partial charge in [0.2, 0.25) is 12.3 Å². The van der Waals surface area contributed by atoms with Crippen LogP contribution in [0.4, 0.5) is 8.78 Å². The van der Waals surface area contributed by atoms with E-state index in [0.29, 0.717) is 0 Å². The highest BCUT2D eigenvalue weighted by molar-refractivity contribution is 5.83. The lowest BCUT2D eigenvalue weighted by atomic mass is 10.0. The monoisotopic (exact) mass is 247 g/mol. The predicted octanol–water partition coefficient (Wildman–Crippen LogP) is 1.57. The second-order valence-electron chi connectivity index (χ2n) is 4.05. The lowest BCUT2D eigenvalue weighted by molar-refractivity contribution is -0.143. The molecule has 0 saturated carbocycles. The Morgan fingerprint density at radius 2 is 2.18 bits per heavy atom. The molecule has 1 rings (SSSR count). The summed E-state index contributed by atoms with van der Waals surface area (Å²) < 4.78 is 24.1. The van der Waals surface area contributed by atoms with E-state index in [1.165, 1.54) is 0 Å². The SMILES string of the molecule is O=C(CC1C=CCC1)NC(CC(F)F)C(=O)O. The first-order chi connectivity index (χ1) is 7.99. The number of carbonyl (C=O) groups is 2. The molecule has 2 unspecified atom stereocenters. The van der Waals surface area contributed by atoms with E-state index in [1.807, 2.05) is 12.2 Å². The molecule has 1 aliphatic carbocycles. The lowest BCUT2D eigenvalue weighted by Gasteiger charge is -2.15. The maximum atomic E-state index is 12.1. The highest BCUT2D eigenvalue weighted by atomic mass is 19.3. The Morgan fingerprint density at radius 3 is 2.65 bits per heavy atom. The number of alkyl halides is 2.